The molecule has 0 saturated heterocycles. The minimum atomic E-state index is -0.127. The summed E-state index contributed by atoms with van der Waals surface area (Å²) in [5, 5.41) is 2.96. The van der Waals surface area contributed by atoms with Crippen molar-refractivity contribution < 1.29 is 4.79 Å². The van der Waals surface area contributed by atoms with Gasteiger partial charge in [0.1, 0.15) is 4.60 Å². The van der Waals surface area contributed by atoms with E-state index in [2.05, 4.69) is 38.4 Å². The second kappa shape index (κ2) is 5.53. The van der Waals surface area contributed by atoms with Crippen molar-refractivity contribution in [2.75, 3.05) is 5.32 Å². The van der Waals surface area contributed by atoms with Gasteiger partial charge in [-0.2, -0.15) is 0 Å². The van der Waals surface area contributed by atoms with Crippen LogP contribution in [0, 0.1) is 20.8 Å². The molecule has 0 radical (unpaired) electrons. The van der Waals surface area contributed by atoms with Crippen molar-refractivity contribution in [2.45, 2.75) is 20.8 Å². The molecule has 2 aromatic rings. The van der Waals surface area contributed by atoms with E-state index in [-0.39, 0.29) is 5.91 Å². The van der Waals surface area contributed by atoms with Crippen LogP contribution in [0.3, 0.4) is 0 Å². The van der Waals surface area contributed by atoms with Crippen LogP contribution in [-0.4, -0.2) is 10.9 Å². The summed E-state index contributed by atoms with van der Waals surface area (Å²) in [5.74, 6) is -0.127. The van der Waals surface area contributed by atoms with E-state index >= 15 is 0 Å². The number of rotatable bonds is 2. The first-order chi connectivity index (χ1) is 8.97. The van der Waals surface area contributed by atoms with Crippen LogP contribution < -0.4 is 5.32 Å². The van der Waals surface area contributed by atoms with Gasteiger partial charge in [0.2, 0.25) is 0 Å². The summed E-state index contributed by atoms with van der Waals surface area (Å²) in [6.07, 6.45) is 1.61. The van der Waals surface area contributed by atoms with Gasteiger partial charge in [-0.05, 0) is 60.0 Å². The van der Waals surface area contributed by atoms with Crippen molar-refractivity contribution >= 4 is 27.5 Å². The van der Waals surface area contributed by atoms with Crippen molar-refractivity contribution in [2.24, 2.45) is 0 Å². The van der Waals surface area contributed by atoms with Gasteiger partial charge in [-0.3, -0.25) is 4.79 Å². The smallest absolute Gasteiger partial charge is 0.255 e. The Morgan fingerprint density at radius 2 is 1.79 bits per heavy atom. The van der Waals surface area contributed by atoms with Crippen molar-refractivity contribution in [1.82, 2.24) is 4.98 Å². The number of nitrogens with zero attached hydrogens (tertiary/aromatic N) is 1. The number of nitrogens with one attached hydrogen (secondary N) is 1. The van der Waals surface area contributed by atoms with Crippen molar-refractivity contribution in [1.29, 1.82) is 0 Å². The van der Waals surface area contributed by atoms with Gasteiger partial charge < -0.3 is 5.32 Å². The zero-order valence-electron chi connectivity index (χ0n) is 11.1. The molecular weight excluding hydrogens is 304 g/mol. The monoisotopic (exact) mass is 318 g/mol. The largest absolute Gasteiger partial charge is 0.322 e. The molecule has 4 heteroatoms. The van der Waals surface area contributed by atoms with Gasteiger partial charge in [0.15, 0.2) is 0 Å². The van der Waals surface area contributed by atoms with Gasteiger partial charge in [-0.15, -0.1) is 0 Å². The van der Waals surface area contributed by atoms with Crippen LogP contribution in [0.2, 0.25) is 0 Å². The number of anilines is 1. The van der Waals surface area contributed by atoms with Crippen molar-refractivity contribution in [3.05, 3.63) is 57.3 Å². The SMILES string of the molecule is Cc1cc(C)c(NC(=O)c2ccnc(Br)c2)c(C)c1. The zero-order chi connectivity index (χ0) is 14.0. The van der Waals surface area contributed by atoms with E-state index in [1.54, 1.807) is 18.3 Å². The van der Waals surface area contributed by atoms with Gasteiger partial charge >= 0.3 is 0 Å². The molecule has 0 spiro atoms. The molecule has 0 aliphatic rings. The van der Waals surface area contributed by atoms with Crippen LogP contribution >= 0.6 is 15.9 Å². The molecule has 19 heavy (non-hydrogen) atoms. The maximum absolute atomic E-state index is 12.2. The Morgan fingerprint density at radius 1 is 1.16 bits per heavy atom. The van der Waals surface area contributed by atoms with E-state index in [9.17, 15) is 4.79 Å². The van der Waals surface area contributed by atoms with E-state index in [1.165, 1.54) is 5.56 Å². The molecule has 1 heterocycles. The molecule has 2 rings (SSSR count). The predicted octanol–water partition coefficient (Wildman–Crippen LogP) is 4.02. The number of hydrogen-bond acceptors (Lipinski definition) is 2. The third kappa shape index (κ3) is 3.20. The molecule has 0 aliphatic heterocycles. The Balaban J connectivity index is 2.29. The first-order valence-corrected chi connectivity index (χ1v) is 6.77. The molecule has 0 aliphatic carbocycles. The molecule has 0 fully saturated rings. The minimum absolute atomic E-state index is 0.127. The number of halogens is 1. The average Bonchev–Trinajstić information content (AvgIpc) is 2.33. The van der Waals surface area contributed by atoms with Crippen molar-refractivity contribution in [3.8, 4) is 0 Å². The lowest BCUT2D eigenvalue weighted by Crippen LogP contribution is -2.14. The lowest BCUT2D eigenvalue weighted by atomic mass is 10.0. The van der Waals surface area contributed by atoms with E-state index in [4.69, 9.17) is 0 Å². The molecule has 0 bridgehead atoms. The van der Waals surface area contributed by atoms with Crippen LogP contribution in [-0.2, 0) is 0 Å². The van der Waals surface area contributed by atoms with Crippen LogP contribution in [0.15, 0.2) is 35.1 Å². The Hall–Kier alpha value is -1.68. The Morgan fingerprint density at radius 3 is 2.37 bits per heavy atom. The first-order valence-electron chi connectivity index (χ1n) is 5.98. The molecule has 0 unspecified atom stereocenters. The molecule has 3 nitrogen and oxygen atoms in total. The van der Waals surface area contributed by atoms with Crippen LogP contribution in [0.4, 0.5) is 5.69 Å². The maximum Gasteiger partial charge on any atom is 0.255 e. The number of amides is 1. The van der Waals surface area contributed by atoms with E-state index in [0.29, 0.717) is 10.2 Å². The predicted molar refractivity (Wildman–Crippen MR) is 80.5 cm³/mol. The quantitative estimate of drug-likeness (QED) is 0.850. The molecule has 1 aromatic heterocycles. The highest BCUT2D eigenvalue weighted by atomic mass is 79.9. The number of benzene rings is 1. The number of aryl methyl sites for hydroxylation is 3. The lowest BCUT2D eigenvalue weighted by Gasteiger charge is -2.12. The standard InChI is InChI=1S/C15H15BrN2O/c1-9-6-10(2)14(11(3)7-9)18-15(19)12-4-5-17-13(16)8-12/h4-8H,1-3H3,(H,18,19). The molecule has 0 saturated carbocycles. The highest BCUT2D eigenvalue weighted by Crippen LogP contribution is 2.22. The Labute approximate surface area is 121 Å². The highest BCUT2D eigenvalue weighted by Gasteiger charge is 2.10. The van der Waals surface area contributed by atoms with Crippen LogP contribution in [0.1, 0.15) is 27.0 Å². The van der Waals surface area contributed by atoms with Gasteiger partial charge in [0.05, 0.1) is 0 Å². The third-order valence-electron chi connectivity index (χ3n) is 2.90. The highest BCUT2D eigenvalue weighted by molar-refractivity contribution is 9.10. The van der Waals surface area contributed by atoms with Gasteiger partial charge in [0, 0.05) is 17.4 Å². The van der Waals surface area contributed by atoms with E-state index in [1.807, 2.05) is 20.8 Å². The minimum Gasteiger partial charge on any atom is -0.322 e. The topological polar surface area (TPSA) is 42.0 Å². The Bertz CT molecular complexity index is 615. The summed E-state index contributed by atoms with van der Waals surface area (Å²) in [5.41, 5.74) is 4.79. The summed E-state index contributed by atoms with van der Waals surface area (Å²) >= 11 is 3.26. The second-order valence-electron chi connectivity index (χ2n) is 4.60. The number of aromatic nitrogens is 1. The molecule has 0 atom stereocenters. The van der Waals surface area contributed by atoms with Crippen molar-refractivity contribution in [3.63, 3.8) is 0 Å². The first kappa shape index (κ1) is 13.7. The van der Waals surface area contributed by atoms with Crippen LogP contribution in [0.5, 0.6) is 0 Å². The zero-order valence-corrected chi connectivity index (χ0v) is 12.7. The fraction of sp³-hybridized carbons (Fsp3) is 0.200. The molecule has 1 N–H and O–H groups in total. The average molecular weight is 319 g/mol. The summed E-state index contributed by atoms with van der Waals surface area (Å²) in [7, 11) is 0. The second-order valence-corrected chi connectivity index (χ2v) is 5.41. The number of carbonyl (C=O) groups excluding carboxylic acids is 1. The third-order valence-corrected chi connectivity index (χ3v) is 3.34. The molecule has 1 aromatic carbocycles. The van der Waals surface area contributed by atoms with Gasteiger partial charge in [-0.1, -0.05) is 17.7 Å². The summed E-state index contributed by atoms with van der Waals surface area (Å²) < 4.78 is 0.650. The summed E-state index contributed by atoms with van der Waals surface area (Å²) in [4.78, 5) is 16.2. The summed E-state index contributed by atoms with van der Waals surface area (Å²) in [6.45, 7) is 6.04. The Kier molecular flexibility index (Phi) is 4.00. The fourth-order valence-electron chi connectivity index (χ4n) is 2.11. The van der Waals surface area contributed by atoms with Gasteiger partial charge in [-0.25, -0.2) is 4.98 Å². The van der Waals surface area contributed by atoms with Gasteiger partial charge in [0.25, 0.3) is 5.91 Å². The summed E-state index contributed by atoms with van der Waals surface area (Å²) in [6, 6.07) is 7.52. The lowest BCUT2D eigenvalue weighted by molar-refractivity contribution is 0.102. The number of hydrogen-bond donors (Lipinski definition) is 1. The molecule has 1 amide bonds. The van der Waals surface area contributed by atoms with E-state index in [0.717, 1.165) is 16.8 Å². The van der Waals surface area contributed by atoms with E-state index < -0.39 is 0 Å². The fourth-order valence-corrected chi connectivity index (χ4v) is 2.47. The normalized spacial score (nSPS) is 10.3. The number of pyridine rings is 1. The molecule has 98 valence electrons. The molecular formula is C15H15BrN2O. The maximum atomic E-state index is 12.2. The number of carbonyl (C=O) groups is 1. The van der Waals surface area contributed by atoms with Crippen LogP contribution in [0.25, 0.3) is 0 Å².